The third-order valence-electron chi connectivity index (χ3n) is 3.20. The number of benzene rings is 2. The Morgan fingerprint density at radius 3 is 2.05 bits per heavy atom. The molecule has 2 N–H and O–H groups in total. The summed E-state index contributed by atoms with van der Waals surface area (Å²) in [6, 6.07) is 6.56. The molecule has 0 saturated carbocycles. The molecule has 0 fully saturated rings. The third-order valence-corrected chi connectivity index (χ3v) is 3.20. The fourth-order valence-electron chi connectivity index (χ4n) is 2.17. The zero-order chi connectivity index (χ0) is 15.6. The van der Waals surface area contributed by atoms with Gasteiger partial charge in [0.1, 0.15) is 11.6 Å². The molecule has 0 aliphatic carbocycles. The normalized spacial score (nSPS) is 12.1. The van der Waals surface area contributed by atoms with Gasteiger partial charge >= 0.3 is 0 Å². The molecule has 2 rings (SSSR count). The molecule has 0 aromatic heterocycles. The molecule has 0 amide bonds. The fourth-order valence-corrected chi connectivity index (χ4v) is 2.17. The van der Waals surface area contributed by atoms with Gasteiger partial charge in [0.2, 0.25) is 0 Å². The second-order valence-electron chi connectivity index (χ2n) is 4.75. The van der Waals surface area contributed by atoms with Crippen molar-refractivity contribution in [2.75, 3.05) is 14.2 Å². The van der Waals surface area contributed by atoms with Crippen LogP contribution in [0.2, 0.25) is 0 Å². The fraction of sp³-hybridized carbons (Fsp3) is 0.250. The van der Waals surface area contributed by atoms with Crippen LogP contribution in [0.1, 0.15) is 18.5 Å². The Morgan fingerprint density at radius 2 is 1.57 bits per heavy atom. The van der Waals surface area contributed by atoms with Crippen molar-refractivity contribution in [2.24, 2.45) is 5.73 Å². The molecule has 2 aromatic rings. The minimum absolute atomic E-state index is 0.248. The first-order valence-electron chi connectivity index (χ1n) is 6.44. The van der Waals surface area contributed by atoms with Crippen LogP contribution in [0, 0.1) is 11.6 Å². The smallest absolute Gasteiger partial charge is 0.168 e. The molecule has 0 heterocycles. The lowest BCUT2D eigenvalue weighted by Crippen LogP contribution is -2.06. The standard InChI is InChI=1S/C16H17F2NO2/c1-9(19)10-6-14(16(21-3)15(7-10)20-2)11-4-12(17)8-13(18)5-11/h4-9H,19H2,1-3H3. The van der Waals surface area contributed by atoms with Gasteiger partial charge in [-0.1, -0.05) is 0 Å². The van der Waals surface area contributed by atoms with Crippen LogP contribution in [0.3, 0.4) is 0 Å². The van der Waals surface area contributed by atoms with Crippen molar-refractivity contribution in [2.45, 2.75) is 13.0 Å². The van der Waals surface area contributed by atoms with Crippen LogP contribution in [-0.4, -0.2) is 14.2 Å². The molecule has 0 spiro atoms. The van der Waals surface area contributed by atoms with Crippen LogP contribution in [0.25, 0.3) is 11.1 Å². The van der Waals surface area contributed by atoms with Crippen LogP contribution in [-0.2, 0) is 0 Å². The molecule has 1 atom stereocenters. The molecule has 1 unspecified atom stereocenters. The van der Waals surface area contributed by atoms with Gasteiger partial charge in [0, 0.05) is 17.7 Å². The minimum Gasteiger partial charge on any atom is -0.493 e. The summed E-state index contributed by atoms with van der Waals surface area (Å²) < 4.78 is 37.5. The molecule has 0 radical (unpaired) electrons. The first kappa shape index (κ1) is 15.3. The Morgan fingerprint density at radius 1 is 0.952 bits per heavy atom. The quantitative estimate of drug-likeness (QED) is 0.935. The Labute approximate surface area is 122 Å². The third kappa shape index (κ3) is 3.13. The minimum atomic E-state index is -0.655. The van der Waals surface area contributed by atoms with Crippen LogP contribution in [0.5, 0.6) is 11.5 Å². The summed E-state index contributed by atoms with van der Waals surface area (Å²) in [5.41, 5.74) is 7.57. The van der Waals surface area contributed by atoms with Crippen molar-refractivity contribution in [3.63, 3.8) is 0 Å². The maximum absolute atomic E-state index is 13.5. The summed E-state index contributed by atoms with van der Waals surface area (Å²) in [5.74, 6) is -0.437. The predicted octanol–water partition coefficient (Wildman–Crippen LogP) is 3.67. The van der Waals surface area contributed by atoms with Crippen molar-refractivity contribution < 1.29 is 18.3 Å². The molecule has 3 nitrogen and oxygen atoms in total. The van der Waals surface area contributed by atoms with E-state index in [-0.39, 0.29) is 6.04 Å². The van der Waals surface area contributed by atoms with E-state index in [1.54, 1.807) is 12.1 Å². The summed E-state index contributed by atoms with van der Waals surface area (Å²) in [6.45, 7) is 1.82. The molecule has 0 aliphatic rings. The monoisotopic (exact) mass is 293 g/mol. The largest absolute Gasteiger partial charge is 0.493 e. The first-order chi connectivity index (χ1) is 9.96. The predicted molar refractivity (Wildman–Crippen MR) is 77.5 cm³/mol. The number of hydrogen-bond donors (Lipinski definition) is 1. The van der Waals surface area contributed by atoms with Gasteiger partial charge in [0.05, 0.1) is 14.2 Å². The van der Waals surface area contributed by atoms with E-state index in [4.69, 9.17) is 15.2 Å². The zero-order valence-corrected chi connectivity index (χ0v) is 12.1. The van der Waals surface area contributed by atoms with Crippen molar-refractivity contribution in [3.05, 3.63) is 47.5 Å². The van der Waals surface area contributed by atoms with Gasteiger partial charge in [-0.2, -0.15) is 0 Å². The maximum Gasteiger partial charge on any atom is 0.168 e. The van der Waals surface area contributed by atoms with Crippen molar-refractivity contribution in [1.29, 1.82) is 0 Å². The number of nitrogens with two attached hydrogens (primary N) is 1. The molecule has 21 heavy (non-hydrogen) atoms. The number of rotatable bonds is 4. The molecular formula is C16H17F2NO2. The number of methoxy groups -OCH3 is 2. The highest BCUT2D eigenvalue weighted by atomic mass is 19.1. The van der Waals surface area contributed by atoms with Gasteiger partial charge in [-0.25, -0.2) is 8.78 Å². The van der Waals surface area contributed by atoms with Gasteiger partial charge in [-0.3, -0.25) is 0 Å². The Hall–Kier alpha value is -2.14. The highest BCUT2D eigenvalue weighted by Gasteiger charge is 2.16. The van der Waals surface area contributed by atoms with E-state index < -0.39 is 11.6 Å². The SMILES string of the molecule is COc1cc(C(C)N)cc(-c2cc(F)cc(F)c2)c1OC. The van der Waals surface area contributed by atoms with Crippen LogP contribution < -0.4 is 15.2 Å². The lowest BCUT2D eigenvalue weighted by molar-refractivity contribution is 0.355. The highest BCUT2D eigenvalue weighted by Crippen LogP contribution is 2.40. The van der Waals surface area contributed by atoms with Crippen molar-refractivity contribution >= 4 is 0 Å². The van der Waals surface area contributed by atoms with E-state index in [0.29, 0.717) is 22.6 Å². The van der Waals surface area contributed by atoms with E-state index >= 15 is 0 Å². The molecule has 5 heteroatoms. The molecular weight excluding hydrogens is 276 g/mol. The van der Waals surface area contributed by atoms with Gasteiger partial charge in [0.15, 0.2) is 11.5 Å². The molecule has 0 saturated heterocycles. The molecule has 2 aromatic carbocycles. The molecule has 0 aliphatic heterocycles. The Bertz CT molecular complexity index is 637. The van der Waals surface area contributed by atoms with Gasteiger partial charge < -0.3 is 15.2 Å². The van der Waals surface area contributed by atoms with Crippen LogP contribution >= 0.6 is 0 Å². The highest BCUT2D eigenvalue weighted by molar-refractivity contribution is 5.75. The van der Waals surface area contributed by atoms with Gasteiger partial charge in [-0.15, -0.1) is 0 Å². The molecule has 0 bridgehead atoms. The average molecular weight is 293 g/mol. The number of halogens is 2. The summed E-state index contributed by atoms with van der Waals surface area (Å²) in [7, 11) is 2.97. The van der Waals surface area contributed by atoms with Gasteiger partial charge in [0.25, 0.3) is 0 Å². The lowest BCUT2D eigenvalue weighted by Gasteiger charge is -2.17. The topological polar surface area (TPSA) is 44.5 Å². The van der Waals surface area contributed by atoms with E-state index in [1.165, 1.54) is 26.4 Å². The van der Waals surface area contributed by atoms with Crippen molar-refractivity contribution in [1.82, 2.24) is 0 Å². The molecule has 112 valence electrons. The average Bonchev–Trinajstić information content (AvgIpc) is 2.44. The number of ether oxygens (including phenoxy) is 2. The first-order valence-corrected chi connectivity index (χ1v) is 6.44. The summed E-state index contributed by atoms with van der Waals surface area (Å²) in [5, 5.41) is 0. The maximum atomic E-state index is 13.5. The van der Waals surface area contributed by atoms with Crippen LogP contribution in [0.15, 0.2) is 30.3 Å². The Balaban J connectivity index is 2.72. The van der Waals surface area contributed by atoms with E-state index in [2.05, 4.69) is 0 Å². The lowest BCUT2D eigenvalue weighted by atomic mass is 9.98. The zero-order valence-electron chi connectivity index (χ0n) is 12.1. The Kier molecular flexibility index (Phi) is 4.43. The van der Waals surface area contributed by atoms with E-state index in [0.717, 1.165) is 11.6 Å². The van der Waals surface area contributed by atoms with Crippen molar-refractivity contribution in [3.8, 4) is 22.6 Å². The number of hydrogen-bond acceptors (Lipinski definition) is 3. The summed E-state index contributed by atoms with van der Waals surface area (Å²) in [6.07, 6.45) is 0. The summed E-state index contributed by atoms with van der Waals surface area (Å²) in [4.78, 5) is 0. The van der Waals surface area contributed by atoms with E-state index in [1.807, 2.05) is 6.92 Å². The van der Waals surface area contributed by atoms with Crippen LogP contribution in [0.4, 0.5) is 8.78 Å². The second kappa shape index (κ2) is 6.10. The van der Waals surface area contributed by atoms with Gasteiger partial charge in [-0.05, 0) is 42.3 Å². The summed E-state index contributed by atoms with van der Waals surface area (Å²) >= 11 is 0. The second-order valence-corrected chi connectivity index (χ2v) is 4.75. The van der Waals surface area contributed by atoms with E-state index in [9.17, 15) is 8.78 Å².